The average Bonchev–Trinajstić information content (AvgIpc) is 3.43. The number of hydrogen-bond acceptors (Lipinski definition) is 10. The Kier molecular flexibility index (Phi) is 8.82. The molecule has 39 heavy (non-hydrogen) atoms. The van der Waals surface area contributed by atoms with Gasteiger partial charge in [0.1, 0.15) is 0 Å². The number of nitrogens with zero attached hydrogens (tertiary/aromatic N) is 2. The fraction of sp³-hybridized carbons (Fsp3) is 0.429. The van der Waals surface area contributed by atoms with Gasteiger partial charge in [-0.3, -0.25) is 0 Å². The van der Waals surface area contributed by atoms with Crippen molar-refractivity contribution in [1.82, 2.24) is 9.19 Å². The van der Waals surface area contributed by atoms with Gasteiger partial charge in [-0.15, -0.1) is 0 Å². The van der Waals surface area contributed by atoms with E-state index in [1.54, 1.807) is 38.5 Å². The molecule has 1 heterocycles. The summed E-state index contributed by atoms with van der Waals surface area (Å²) in [6, 6.07) is 10.8. The molecule has 0 bridgehead atoms. The van der Waals surface area contributed by atoms with Crippen molar-refractivity contribution < 1.29 is 38.0 Å². The third kappa shape index (κ3) is 4.85. The van der Waals surface area contributed by atoms with Crippen LogP contribution in [0.4, 0.5) is 0 Å². The number of fused-ring (bicyclic) bond motifs is 1. The first-order valence-corrected chi connectivity index (χ1v) is 14.1. The SMILES string of the molecule is CCOc1cc(C2Cc3nn[se]c3C(c3ccc(OC)c(OCC)c3)C2(C(=O)OC)C(=O)OC)ccc1OC. The first kappa shape index (κ1) is 28.4. The fourth-order valence-electron chi connectivity index (χ4n) is 5.39. The maximum absolute atomic E-state index is 14.0. The molecule has 0 saturated heterocycles. The van der Waals surface area contributed by atoms with E-state index in [2.05, 4.69) is 9.19 Å². The second kappa shape index (κ2) is 12.1. The second-order valence-electron chi connectivity index (χ2n) is 8.81. The predicted octanol–water partition coefficient (Wildman–Crippen LogP) is 3.15. The molecule has 0 saturated carbocycles. The monoisotopic (exact) mass is 604 g/mol. The Hall–Kier alpha value is -3.56. The number of methoxy groups -OCH3 is 4. The number of carbonyl (C=O) groups is 2. The van der Waals surface area contributed by atoms with Crippen molar-refractivity contribution in [3.8, 4) is 23.0 Å². The summed E-state index contributed by atoms with van der Waals surface area (Å²) >= 11 is -0.430. The van der Waals surface area contributed by atoms with E-state index in [0.29, 0.717) is 47.3 Å². The molecular weight excluding hydrogens is 571 g/mol. The number of carbonyl (C=O) groups excluding carboxylic acids is 2. The van der Waals surface area contributed by atoms with E-state index in [1.165, 1.54) is 14.2 Å². The standard InChI is InChI=1S/C28H32N2O8Se/c1-7-37-22-13-16(9-11-20(22)33-3)18-15-19-25(39-30-29-19)24(28(18,26(31)35-5)27(32)36-6)17-10-12-21(34-4)23(14-17)38-8-2/h9-14,18,24H,7-8,15H2,1-6H3. The van der Waals surface area contributed by atoms with Gasteiger partial charge in [-0.05, 0) is 0 Å². The summed E-state index contributed by atoms with van der Waals surface area (Å²) in [5.41, 5.74) is 0.311. The number of aromatic nitrogens is 2. The summed E-state index contributed by atoms with van der Waals surface area (Å²) in [5.74, 6) is -0.838. The van der Waals surface area contributed by atoms with Crippen LogP contribution in [0.3, 0.4) is 0 Å². The molecule has 2 aromatic carbocycles. The van der Waals surface area contributed by atoms with Crippen LogP contribution in [-0.4, -0.2) is 77.5 Å². The Labute approximate surface area is 233 Å². The number of ether oxygens (including phenoxy) is 6. The van der Waals surface area contributed by atoms with Gasteiger partial charge in [-0.25, -0.2) is 0 Å². The van der Waals surface area contributed by atoms with Crippen LogP contribution in [0.1, 0.15) is 46.9 Å². The van der Waals surface area contributed by atoms with Crippen LogP contribution in [0.25, 0.3) is 0 Å². The van der Waals surface area contributed by atoms with Gasteiger partial charge >= 0.3 is 234 Å². The van der Waals surface area contributed by atoms with Crippen molar-refractivity contribution in [3.05, 3.63) is 57.7 Å². The van der Waals surface area contributed by atoms with E-state index in [9.17, 15) is 9.59 Å². The number of hydrogen-bond donors (Lipinski definition) is 0. The van der Waals surface area contributed by atoms with Crippen LogP contribution in [0.2, 0.25) is 0 Å². The van der Waals surface area contributed by atoms with E-state index < -0.39 is 43.9 Å². The molecule has 1 aliphatic rings. The molecular formula is C28H32N2O8Se. The van der Waals surface area contributed by atoms with Gasteiger partial charge in [0.05, 0.1) is 0 Å². The summed E-state index contributed by atoms with van der Waals surface area (Å²) in [6.07, 6.45) is 0.285. The van der Waals surface area contributed by atoms with Gasteiger partial charge < -0.3 is 0 Å². The quantitative estimate of drug-likeness (QED) is 0.195. The van der Waals surface area contributed by atoms with Crippen LogP contribution in [0, 0.1) is 5.41 Å². The normalized spacial score (nSPS) is 17.5. The zero-order chi connectivity index (χ0) is 28.2. The minimum atomic E-state index is -1.78. The molecule has 2 unspecified atom stereocenters. The molecule has 1 aliphatic carbocycles. The van der Waals surface area contributed by atoms with E-state index in [1.807, 2.05) is 26.0 Å². The van der Waals surface area contributed by atoms with Crippen LogP contribution in [0.5, 0.6) is 23.0 Å². The zero-order valence-electron chi connectivity index (χ0n) is 22.8. The Morgan fingerprint density at radius 3 is 1.90 bits per heavy atom. The van der Waals surface area contributed by atoms with Gasteiger partial charge in [0, 0.05) is 0 Å². The molecule has 0 aliphatic heterocycles. The second-order valence-corrected chi connectivity index (χ2v) is 10.5. The molecule has 3 aromatic rings. The zero-order valence-corrected chi connectivity index (χ0v) is 24.5. The molecule has 0 fully saturated rings. The first-order valence-electron chi connectivity index (χ1n) is 12.5. The summed E-state index contributed by atoms with van der Waals surface area (Å²) in [4.78, 5) is 28.0. The van der Waals surface area contributed by atoms with Gasteiger partial charge in [-0.1, -0.05) is 0 Å². The van der Waals surface area contributed by atoms with Gasteiger partial charge in [0.25, 0.3) is 0 Å². The summed E-state index contributed by atoms with van der Waals surface area (Å²) in [6.45, 7) is 4.55. The van der Waals surface area contributed by atoms with Gasteiger partial charge in [0.2, 0.25) is 0 Å². The molecule has 208 valence electrons. The third-order valence-corrected chi connectivity index (χ3v) is 8.75. The molecule has 1 aromatic heterocycles. The topological polar surface area (TPSA) is 115 Å². The molecule has 0 N–H and O–H groups in total. The molecule has 0 amide bonds. The number of benzene rings is 2. The van der Waals surface area contributed by atoms with Crippen LogP contribution >= 0.6 is 0 Å². The van der Waals surface area contributed by atoms with Crippen LogP contribution in [0.15, 0.2) is 36.4 Å². The van der Waals surface area contributed by atoms with Crippen LogP contribution < -0.4 is 18.9 Å². The van der Waals surface area contributed by atoms with Crippen LogP contribution in [-0.2, 0) is 25.5 Å². The molecule has 2 atom stereocenters. The predicted molar refractivity (Wildman–Crippen MR) is 142 cm³/mol. The van der Waals surface area contributed by atoms with Crippen molar-refractivity contribution in [1.29, 1.82) is 0 Å². The van der Waals surface area contributed by atoms with E-state index in [4.69, 9.17) is 28.4 Å². The molecule has 0 radical (unpaired) electrons. The van der Waals surface area contributed by atoms with Crippen molar-refractivity contribution in [2.45, 2.75) is 32.1 Å². The number of esters is 2. The Morgan fingerprint density at radius 1 is 0.846 bits per heavy atom. The van der Waals surface area contributed by atoms with Crippen molar-refractivity contribution in [2.75, 3.05) is 41.7 Å². The Balaban J connectivity index is 2.05. The minimum absolute atomic E-state index is 0.285. The first-order chi connectivity index (χ1) is 18.9. The van der Waals surface area contributed by atoms with Crippen molar-refractivity contribution in [2.24, 2.45) is 5.41 Å². The molecule has 4 rings (SSSR count). The molecule has 0 spiro atoms. The summed E-state index contributed by atoms with van der Waals surface area (Å²) < 4.78 is 38.6. The van der Waals surface area contributed by atoms with E-state index >= 15 is 0 Å². The summed E-state index contributed by atoms with van der Waals surface area (Å²) in [5, 5.41) is 4.45. The van der Waals surface area contributed by atoms with E-state index in [-0.39, 0.29) is 6.42 Å². The van der Waals surface area contributed by atoms with Crippen molar-refractivity contribution in [3.63, 3.8) is 0 Å². The molecule has 10 nitrogen and oxygen atoms in total. The third-order valence-electron chi connectivity index (χ3n) is 7.01. The Morgan fingerprint density at radius 2 is 1.38 bits per heavy atom. The van der Waals surface area contributed by atoms with Gasteiger partial charge in [-0.2, -0.15) is 0 Å². The Bertz CT molecular complexity index is 1320. The maximum atomic E-state index is 14.0. The average molecular weight is 604 g/mol. The fourth-order valence-corrected chi connectivity index (χ4v) is 7.25. The molecule has 11 heteroatoms. The number of rotatable bonds is 10. The summed E-state index contributed by atoms with van der Waals surface area (Å²) in [7, 11) is 5.66. The van der Waals surface area contributed by atoms with E-state index in [0.717, 1.165) is 10.1 Å². The van der Waals surface area contributed by atoms with Gasteiger partial charge in [0.15, 0.2) is 0 Å². The van der Waals surface area contributed by atoms with Crippen molar-refractivity contribution >= 4 is 26.7 Å².